The van der Waals surface area contributed by atoms with Gasteiger partial charge in [0.15, 0.2) is 0 Å². The first-order chi connectivity index (χ1) is 7.56. The lowest BCUT2D eigenvalue weighted by Crippen LogP contribution is -2.18. The number of hydrogen-bond acceptors (Lipinski definition) is 1. The first-order valence-electron chi connectivity index (χ1n) is 5.44. The van der Waals surface area contributed by atoms with Gasteiger partial charge >= 0.3 is 6.18 Å². The Labute approximate surface area is 92.7 Å². The van der Waals surface area contributed by atoms with Crippen molar-refractivity contribution in [3.05, 3.63) is 35.4 Å². The van der Waals surface area contributed by atoms with Crippen molar-refractivity contribution in [3.63, 3.8) is 0 Å². The monoisotopic (exact) mass is 229 g/mol. The predicted octanol–water partition coefficient (Wildman–Crippen LogP) is 3.22. The summed E-state index contributed by atoms with van der Waals surface area (Å²) in [6.07, 6.45) is -3.00. The summed E-state index contributed by atoms with van der Waals surface area (Å²) in [6, 6.07) is 6.93. The summed E-state index contributed by atoms with van der Waals surface area (Å²) in [5.74, 6) is 0. The highest BCUT2D eigenvalue weighted by Gasteiger charge is 2.30. The summed E-state index contributed by atoms with van der Waals surface area (Å²) in [4.78, 5) is 0. The van der Waals surface area contributed by atoms with Crippen molar-refractivity contribution < 1.29 is 13.2 Å². The van der Waals surface area contributed by atoms with Crippen LogP contribution < -0.4 is 5.32 Å². The van der Waals surface area contributed by atoms with Crippen molar-refractivity contribution >= 4 is 0 Å². The quantitative estimate of drug-likeness (QED) is 0.821. The van der Waals surface area contributed by atoms with E-state index in [1.54, 1.807) is 24.3 Å². The van der Waals surface area contributed by atoms with Crippen LogP contribution in [-0.4, -0.2) is 12.7 Å². The molecule has 1 fully saturated rings. The standard InChI is InChI=1S/C12H14F3N/c13-12(14,15)8-9-4-1-2-5-10(9)11-6-3-7-16-11/h1-2,4-5,11,16H,3,6-8H2. The van der Waals surface area contributed by atoms with E-state index >= 15 is 0 Å². The van der Waals surface area contributed by atoms with Crippen LogP contribution in [0.4, 0.5) is 13.2 Å². The van der Waals surface area contributed by atoms with E-state index in [4.69, 9.17) is 0 Å². The normalized spacial score (nSPS) is 21.3. The minimum Gasteiger partial charge on any atom is -0.310 e. The molecular weight excluding hydrogens is 215 g/mol. The van der Waals surface area contributed by atoms with Crippen LogP contribution in [0.1, 0.15) is 30.0 Å². The van der Waals surface area contributed by atoms with Gasteiger partial charge < -0.3 is 5.32 Å². The highest BCUT2D eigenvalue weighted by Crippen LogP contribution is 2.30. The maximum Gasteiger partial charge on any atom is 0.393 e. The number of alkyl halides is 3. The molecule has 88 valence electrons. The number of halogens is 3. The van der Waals surface area contributed by atoms with Crippen LogP contribution in [0.2, 0.25) is 0 Å². The van der Waals surface area contributed by atoms with Gasteiger partial charge in [-0.3, -0.25) is 0 Å². The van der Waals surface area contributed by atoms with Crippen LogP contribution in [0.25, 0.3) is 0 Å². The Morgan fingerprint density at radius 2 is 2.00 bits per heavy atom. The van der Waals surface area contributed by atoms with Crippen LogP contribution in [0, 0.1) is 0 Å². The fraction of sp³-hybridized carbons (Fsp3) is 0.500. The molecule has 1 aromatic rings. The molecule has 1 nitrogen and oxygen atoms in total. The van der Waals surface area contributed by atoms with E-state index < -0.39 is 12.6 Å². The molecule has 0 bridgehead atoms. The molecule has 0 saturated carbocycles. The molecule has 1 heterocycles. The molecule has 1 aliphatic heterocycles. The zero-order chi connectivity index (χ0) is 11.6. The first kappa shape index (κ1) is 11.5. The Balaban J connectivity index is 2.23. The minimum absolute atomic E-state index is 0.0959. The van der Waals surface area contributed by atoms with Crippen molar-refractivity contribution in [2.24, 2.45) is 0 Å². The molecule has 0 aliphatic carbocycles. The van der Waals surface area contributed by atoms with Gasteiger partial charge in [-0.2, -0.15) is 13.2 Å². The second-order valence-corrected chi connectivity index (χ2v) is 4.14. The molecule has 0 spiro atoms. The van der Waals surface area contributed by atoms with Gasteiger partial charge in [-0.1, -0.05) is 24.3 Å². The van der Waals surface area contributed by atoms with E-state index in [0.717, 1.165) is 24.9 Å². The largest absolute Gasteiger partial charge is 0.393 e. The fourth-order valence-electron chi connectivity index (χ4n) is 2.20. The molecule has 1 saturated heterocycles. The Kier molecular flexibility index (Phi) is 3.19. The lowest BCUT2D eigenvalue weighted by Gasteiger charge is -2.16. The third kappa shape index (κ3) is 2.76. The van der Waals surface area contributed by atoms with E-state index in [2.05, 4.69) is 5.32 Å². The predicted molar refractivity (Wildman–Crippen MR) is 56.2 cm³/mol. The number of rotatable bonds is 2. The SMILES string of the molecule is FC(F)(F)Cc1ccccc1C1CCCN1. The van der Waals surface area contributed by atoms with E-state index in [9.17, 15) is 13.2 Å². The highest BCUT2D eigenvalue weighted by molar-refractivity contribution is 5.31. The Bertz CT molecular complexity index is 354. The van der Waals surface area contributed by atoms with Gasteiger partial charge in [-0.25, -0.2) is 0 Å². The molecule has 0 radical (unpaired) electrons. The van der Waals surface area contributed by atoms with Gasteiger partial charge in [-0.15, -0.1) is 0 Å². The summed E-state index contributed by atoms with van der Waals surface area (Å²) in [6.45, 7) is 0.894. The Morgan fingerprint density at radius 1 is 1.25 bits per heavy atom. The molecule has 1 unspecified atom stereocenters. The van der Waals surface area contributed by atoms with Crippen LogP contribution in [0.5, 0.6) is 0 Å². The van der Waals surface area contributed by atoms with Crippen LogP contribution in [0.15, 0.2) is 24.3 Å². The zero-order valence-electron chi connectivity index (χ0n) is 8.85. The van der Waals surface area contributed by atoms with E-state index in [-0.39, 0.29) is 6.04 Å². The second-order valence-electron chi connectivity index (χ2n) is 4.14. The van der Waals surface area contributed by atoms with Gasteiger partial charge in [0.25, 0.3) is 0 Å². The number of nitrogens with one attached hydrogen (secondary N) is 1. The molecule has 4 heteroatoms. The molecule has 0 amide bonds. The smallest absolute Gasteiger partial charge is 0.310 e. The van der Waals surface area contributed by atoms with Gasteiger partial charge in [-0.05, 0) is 30.5 Å². The van der Waals surface area contributed by atoms with Crippen molar-refractivity contribution in [3.8, 4) is 0 Å². The molecule has 1 atom stereocenters. The molecule has 1 aromatic carbocycles. The maximum atomic E-state index is 12.4. The van der Waals surface area contributed by atoms with Crippen LogP contribution in [0.3, 0.4) is 0 Å². The lowest BCUT2D eigenvalue weighted by atomic mass is 9.97. The lowest BCUT2D eigenvalue weighted by molar-refractivity contribution is -0.127. The van der Waals surface area contributed by atoms with Crippen molar-refractivity contribution in [1.82, 2.24) is 5.32 Å². The Morgan fingerprint density at radius 3 is 2.62 bits per heavy atom. The maximum absolute atomic E-state index is 12.4. The molecule has 1 N–H and O–H groups in total. The summed E-state index contributed by atoms with van der Waals surface area (Å²) < 4.78 is 37.2. The zero-order valence-corrected chi connectivity index (χ0v) is 8.85. The third-order valence-corrected chi connectivity index (χ3v) is 2.88. The van der Waals surface area contributed by atoms with Crippen LogP contribution >= 0.6 is 0 Å². The summed E-state index contributed by atoms with van der Waals surface area (Å²) in [7, 11) is 0. The third-order valence-electron chi connectivity index (χ3n) is 2.88. The van der Waals surface area contributed by atoms with Gasteiger partial charge in [0.2, 0.25) is 0 Å². The Hall–Kier alpha value is -1.03. The molecule has 2 rings (SSSR count). The summed E-state index contributed by atoms with van der Waals surface area (Å²) in [5, 5.41) is 3.23. The molecule has 0 aromatic heterocycles. The van der Waals surface area contributed by atoms with Gasteiger partial charge in [0.1, 0.15) is 0 Å². The average molecular weight is 229 g/mol. The van der Waals surface area contributed by atoms with Crippen molar-refractivity contribution in [2.75, 3.05) is 6.54 Å². The first-order valence-corrected chi connectivity index (χ1v) is 5.44. The molecular formula is C12H14F3N. The minimum atomic E-state index is -4.13. The summed E-state index contributed by atoms with van der Waals surface area (Å²) in [5.41, 5.74) is 1.20. The van der Waals surface area contributed by atoms with Gasteiger partial charge in [0, 0.05) is 6.04 Å². The highest BCUT2D eigenvalue weighted by atomic mass is 19.4. The average Bonchev–Trinajstić information content (AvgIpc) is 2.69. The number of benzene rings is 1. The second kappa shape index (κ2) is 4.45. The van der Waals surface area contributed by atoms with Crippen LogP contribution in [-0.2, 0) is 6.42 Å². The summed E-state index contributed by atoms with van der Waals surface area (Å²) >= 11 is 0. The fourth-order valence-corrected chi connectivity index (χ4v) is 2.20. The van der Waals surface area contributed by atoms with Gasteiger partial charge in [0.05, 0.1) is 6.42 Å². The molecule has 1 aliphatic rings. The van der Waals surface area contributed by atoms with E-state index in [1.807, 2.05) is 0 Å². The van der Waals surface area contributed by atoms with E-state index in [0.29, 0.717) is 5.56 Å². The van der Waals surface area contributed by atoms with Crippen molar-refractivity contribution in [1.29, 1.82) is 0 Å². The molecule has 16 heavy (non-hydrogen) atoms. The van der Waals surface area contributed by atoms with Crippen molar-refractivity contribution in [2.45, 2.75) is 31.5 Å². The topological polar surface area (TPSA) is 12.0 Å². The number of hydrogen-bond donors (Lipinski definition) is 1. The van der Waals surface area contributed by atoms with E-state index in [1.165, 1.54) is 0 Å².